The summed E-state index contributed by atoms with van der Waals surface area (Å²) in [6, 6.07) is 18.5. The van der Waals surface area contributed by atoms with E-state index in [4.69, 9.17) is 34.8 Å². The van der Waals surface area contributed by atoms with Crippen LogP contribution in [0.5, 0.6) is 0 Å². The van der Waals surface area contributed by atoms with E-state index in [0.717, 1.165) is 21.7 Å². The molecule has 2 aromatic carbocycles. The molecule has 0 spiro atoms. The number of benzene rings is 2. The zero-order valence-electron chi connectivity index (χ0n) is 16.7. The lowest BCUT2D eigenvalue weighted by atomic mass is 10.1. The predicted molar refractivity (Wildman–Crippen MR) is 129 cm³/mol. The van der Waals surface area contributed by atoms with Crippen molar-refractivity contribution in [3.8, 4) is 16.3 Å². The molecular weight excluding hydrogens is 473 g/mol. The van der Waals surface area contributed by atoms with Crippen LogP contribution in [0, 0.1) is 6.92 Å². The third-order valence-electron chi connectivity index (χ3n) is 4.93. The van der Waals surface area contributed by atoms with Gasteiger partial charge in [-0.25, -0.2) is 4.68 Å². The Labute approximate surface area is 199 Å². The summed E-state index contributed by atoms with van der Waals surface area (Å²) in [5, 5.41) is 8.63. The molecule has 1 atom stereocenters. The minimum absolute atomic E-state index is 0.169. The first-order valence-corrected chi connectivity index (χ1v) is 11.5. The van der Waals surface area contributed by atoms with E-state index in [1.807, 2.05) is 56.3 Å². The number of halogens is 3. The molecule has 4 aromatic rings. The zero-order valence-corrected chi connectivity index (χ0v) is 19.8. The van der Waals surface area contributed by atoms with Gasteiger partial charge >= 0.3 is 0 Å². The standard InChI is InChI=1S/C23H18Cl3N3OS/c1-13-21(23(30)27-14(2)15-6-4-3-5-7-15)28-29(18-9-8-16(24)12-17(18)25)22(13)19-10-11-20(26)31-19/h3-12,14H,1-2H3,(H,27,30)/t14-/m1/s1. The first-order valence-electron chi connectivity index (χ1n) is 9.51. The Morgan fingerprint density at radius 3 is 2.45 bits per heavy atom. The molecule has 2 aromatic heterocycles. The molecule has 31 heavy (non-hydrogen) atoms. The Bertz CT molecular complexity index is 1250. The molecule has 8 heteroatoms. The topological polar surface area (TPSA) is 46.9 Å². The van der Waals surface area contributed by atoms with Gasteiger partial charge in [0.1, 0.15) is 0 Å². The number of carbonyl (C=O) groups is 1. The maximum Gasteiger partial charge on any atom is 0.272 e. The average molecular weight is 491 g/mol. The van der Waals surface area contributed by atoms with Crippen LogP contribution >= 0.6 is 46.1 Å². The number of hydrogen-bond donors (Lipinski definition) is 1. The summed E-state index contributed by atoms with van der Waals surface area (Å²) < 4.78 is 2.33. The van der Waals surface area contributed by atoms with E-state index in [1.165, 1.54) is 11.3 Å². The van der Waals surface area contributed by atoms with Crippen molar-refractivity contribution in [1.82, 2.24) is 15.1 Å². The highest BCUT2D eigenvalue weighted by Crippen LogP contribution is 2.37. The van der Waals surface area contributed by atoms with Crippen LogP contribution in [-0.4, -0.2) is 15.7 Å². The predicted octanol–water partition coefficient (Wildman–Crippen LogP) is 7.36. The van der Waals surface area contributed by atoms with Crippen LogP contribution in [0.15, 0.2) is 60.7 Å². The third-order valence-corrected chi connectivity index (χ3v) is 6.70. The number of hydrogen-bond acceptors (Lipinski definition) is 3. The Morgan fingerprint density at radius 1 is 1.06 bits per heavy atom. The van der Waals surface area contributed by atoms with Crippen LogP contribution < -0.4 is 5.32 Å². The second-order valence-corrected chi connectivity index (χ2v) is 9.60. The fraction of sp³-hybridized carbons (Fsp3) is 0.130. The Kier molecular flexibility index (Phi) is 6.39. The Hall–Kier alpha value is -2.31. The summed E-state index contributed by atoms with van der Waals surface area (Å²) in [6.07, 6.45) is 0. The van der Waals surface area contributed by atoms with Crippen LogP contribution in [0.25, 0.3) is 16.3 Å². The van der Waals surface area contributed by atoms with Crippen LogP contribution in [0.3, 0.4) is 0 Å². The lowest BCUT2D eigenvalue weighted by Crippen LogP contribution is -2.27. The number of thiophene rings is 1. The monoisotopic (exact) mass is 489 g/mol. The fourth-order valence-corrected chi connectivity index (χ4v) is 4.98. The summed E-state index contributed by atoms with van der Waals surface area (Å²) in [5.74, 6) is -0.262. The van der Waals surface area contributed by atoms with E-state index in [2.05, 4.69) is 10.4 Å². The molecule has 158 valence electrons. The van der Waals surface area contributed by atoms with E-state index in [1.54, 1.807) is 22.9 Å². The number of amides is 1. The summed E-state index contributed by atoms with van der Waals surface area (Å²) >= 11 is 20.1. The molecule has 0 aliphatic carbocycles. The normalized spacial score (nSPS) is 12.0. The molecule has 0 aliphatic heterocycles. The fourth-order valence-electron chi connectivity index (χ4n) is 3.36. The van der Waals surface area contributed by atoms with Crippen molar-refractivity contribution >= 4 is 52.0 Å². The minimum atomic E-state index is -0.262. The van der Waals surface area contributed by atoms with Crippen molar-refractivity contribution in [1.29, 1.82) is 0 Å². The first kappa shape index (κ1) is 21.9. The molecule has 0 bridgehead atoms. The van der Waals surface area contributed by atoms with Gasteiger partial charge in [0.25, 0.3) is 5.91 Å². The first-order chi connectivity index (χ1) is 14.8. The lowest BCUT2D eigenvalue weighted by Gasteiger charge is -2.13. The molecule has 4 rings (SSSR count). The molecular formula is C23H18Cl3N3OS. The highest BCUT2D eigenvalue weighted by Gasteiger charge is 2.25. The molecule has 0 saturated carbocycles. The molecule has 1 amide bonds. The van der Waals surface area contributed by atoms with Crippen molar-refractivity contribution in [3.63, 3.8) is 0 Å². The highest BCUT2D eigenvalue weighted by molar-refractivity contribution is 7.19. The largest absolute Gasteiger partial charge is 0.344 e. The number of nitrogens with zero attached hydrogens (tertiary/aromatic N) is 2. The van der Waals surface area contributed by atoms with E-state index in [-0.39, 0.29) is 11.9 Å². The van der Waals surface area contributed by atoms with E-state index in [9.17, 15) is 4.79 Å². The summed E-state index contributed by atoms with van der Waals surface area (Å²) in [6.45, 7) is 3.81. The zero-order chi connectivity index (χ0) is 22.1. The molecule has 4 nitrogen and oxygen atoms in total. The van der Waals surface area contributed by atoms with Gasteiger partial charge < -0.3 is 5.32 Å². The highest BCUT2D eigenvalue weighted by atomic mass is 35.5. The van der Waals surface area contributed by atoms with Crippen LogP contribution in [0.1, 0.15) is 34.6 Å². The summed E-state index contributed by atoms with van der Waals surface area (Å²) in [4.78, 5) is 14.0. The van der Waals surface area contributed by atoms with Gasteiger partial charge in [-0.3, -0.25) is 4.79 Å². The molecule has 2 heterocycles. The number of rotatable bonds is 5. The van der Waals surface area contributed by atoms with Crippen molar-refractivity contribution < 1.29 is 4.79 Å². The van der Waals surface area contributed by atoms with Crippen molar-refractivity contribution in [2.45, 2.75) is 19.9 Å². The van der Waals surface area contributed by atoms with Crippen molar-refractivity contribution in [3.05, 3.63) is 91.9 Å². The minimum Gasteiger partial charge on any atom is -0.344 e. The Morgan fingerprint density at radius 2 is 1.81 bits per heavy atom. The van der Waals surface area contributed by atoms with Crippen molar-refractivity contribution in [2.75, 3.05) is 0 Å². The second kappa shape index (κ2) is 9.05. The van der Waals surface area contributed by atoms with Crippen LogP contribution in [-0.2, 0) is 0 Å². The maximum absolute atomic E-state index is 13.2. The van der Waals surface area contributed by atoms with E-state index in [0.29, 0.717) is 25.8 Å². The van der Waals surface area contributed by atoms with Gasteiger partial charge in [-0.15, -0.1) is 11.3 Å². The van der Waals surface area contributed by atoms with Crippen LogP contribution in [0.4, 0.5) is 0 Å². The SMILES string of the molecule is Cc1c(C(=O)N[C@H](C)c2ccccc2)nn(-c2ccc(Cl)cc2Cl)c1-c1ccc(Cl)s1. The van der Waals surface area contributed by atoms with Gasteiger partial charge in [0.2, 0.25) is 0 Å². The summed E-state index contributed by atoms with van der Waals surface area (Å²) in [7, 11) is 0. The van der Waals surface area contributed by atoms with Gasteiger partial charge in [-0.1, -0.05) is 65.1 Å². The smallest absolute Gasteiger partial charge is 0.272 e. The molecule has 0 aliphatic rings. The van der Waals surface area contributed by atoms with Gasteiger partial charge in [-0.05, 0) is 49.7 Å². The van der Waals surface area contributed by atoms with Gasteiger partial charge in [-0.2, -0.15) is 5.10 Å². The van der Waals surface area contributed by atoms with Crippen molar-refractivity contribution in [2.24, 2.45) is 0 Å². The number of carbonyl (C=O) groups excluding carboxylic acids is 1. The quantitative estimate of drug-likeness (QED) is 0.318. The molecule has 0 radical (unpaired) electrons. The average Bonchev–Trinajstić information content (AvgIpc) is 3.31. The molecule has 0 unspecified atom stereocenters. The maximum atomic E-state index is 13.2. The number of nitrogens with one attached hydrogen (secondary N) is 1. The van der Waals surface area contributed by atoms with E-state index < -0.39 is 0 Å². The van der Waals surface area contributed by atoms with Crippen LogP contribution in [0.2, 0.25) is 14.4 Å². The third kappa shape index (κ3) is 4.51. The van der Waals surface area contributed by atoms with E-state index >= 15 is 0 Å². The molecule has 0 fully saturated rings. The van der Waals surface area contributed by atoms with Gasteiger partial charge in [0.15, 0.2) is 5.69 Å². The van der Waals surface area contributed by atoms with Gasteiger partial charge in [0, 0.05) is 10.6 Å². The number of aromatic nitrogens is 2. The second-order valence-electron chi connectivity index (χ2n) is 7.04. The Balaban J connectivity index is 1.79. The molecule has 0 saturated heterocycles. The molecule has 1 N–H and O–H groups in total. The lowest BCUT2D eigenvalue weighted by molar-refractivity contribution is 0.0934. The summed E-state index contributed by atoms with van der Waals surface area (Å²) in [5.41, 5.74) is 3.47. The van der Waals surface area contributed by atoms with Gasteiger partial charge in [0.05, 0.1) is 31.7 Å².